The molecule has 0 saturated heterocycles. The number of aromatic amines is 1. The first kappa shape index (κ1) is 15.7. The van der Waals surface area contributed by atoms with Crippen molar-refractivity contribution in [2.45, 2.75) is 19.8 Å². The van der Waals surface area contributed by atoms with Crippen molar-refractivity contribution in [1.82, 2.24) is 14.4 Å². The first-order valence-corrected chi connectivity index (χ1v) is 8.35. The number of aromatic nitrogens is 1. The number of para-hydroxylation sites is 1. The van der Waals surface area contributed by atoms with Crippen LogP contribution in [0.3, 0.4) is 0 Å². The van der Waals surface area contributed by atoms with Crippen LogP contribution in [0.2, 0.25) is 0 Å². The summed E-state index contributed by atoms with van der Waals surface area (Å²) in [5.41, 5.74) is 1.15. The van der Waals surface area contributed by atoms with Crippen LogP contribution in [-0.4, -0.2) is 26.5 Å². The van der Waals surface area contributed by atoms with Crippen molar-refractivity contribution < 1.29 is 8.42 Å². The number of nitrogens with one attached hydrogen (secondary N) is 3. The van der Waals surface area contributed by atoms with Crippen molar-refractivity contribution in [3.05, 3.63) is 46.2 Å². The fourth-order valence-corrected chi connectivity index (χ4v) is 2.93. The predicted molar refractivity (Wildman–Crippen MR) is 83.5 cm³/mol. The summed E-state index contributed by atoms with van der Waals surface area (Å²) in [6.07, 6.45) is 1.07. The van der Waals surface area contributed by atoms with Gasteiger partial charge in [0.1, 0.15) is 0 Å². The monoisotopic (exact) mass is 309 g/mol. The van der Waals surface area contributed by atoms with Crippen LogP contribution in [0.25, 0.3) is 10.9 Å². The quantitative estimate of drug-likeness (QED) is 0.710. The van der Waals surface area contributed by atoms with E-state index in [4.69, 9.17) is 0 Å². The number of pyridine rings is 1. The average Bonchev–Trinajstić information content (AvgIpc) is 2.45. The van der Waals surface area contributed by atoms with Crippen molar-refractivity contribution in [2.24, 2.45) is 0 Å². The Hall–Kier alpha value is -1.70. The zero-order valence-corrected chi connectivity index (χ0v) is 12.7. The molecular formula is C14H19N3O3S. The predicted octanol–water partition coefficient (Wildman–Crippen LogP) is 0.905. The van der Waals surface area contributed by atoms with E-state index in [0.717, 1.165) is 17.3 Å². The Kier molecular flexibility index (Phi) is 5.11. The zero-order valence-electron chi connectivity index (χ0n) is 11.8. The largest absolute Gasteiger partial charge is 0.322 e. The molecule has 0 unspecified atom stereocenters. The highest BCUT2D eigenvalue weighted by atomic mass is 32.2. The Labute approximate surface area is 123 Å². The molecule has 0 spiro atoms. The van der Waals surface area contributed by atoms with E-state index in [2.05, 4.69) is 14.4 Å². The lowest BCUT2D eigenvalue weighted by Gasteiger charge is -2.07. The van der Waals surface area contributed by atoms with Crippen molar-refractivity contribution in [3.8, 4) is 0 Å². The first-order chi connectivity index (χ1) is 10.0. The Morgan fingerprint density at radius 3 is 2.62 bits per heavy atom. The summed E-state index contributed by atoms with van der Waals surface area (Å²) in [6, 6.07) is 9.27. The number of hydrogen-bond donors (Lipinski definition) is 3. The fraction of sp³-hybridized carbons (Fsp3) is 0.357. The Balaban J connectivity index is 2.04. The summed E-state index contributed by atoms with van der Waals surface area (Å²) < 4.78 is 28.0. The molecule has 3 N–H and O–H groups in total. The third-order valence-corrected chi connectivity index (χ3v) is 4.23. The highest BCUT2D eigenvalue weighted by Gasteiger charge is 2.08. The van der Waals surface area contributed by atoms with E-state index in [1.807, 2.05) is 31.2 Å². The molecular weight excluding hydrogens is 290 g/mol. The van der Waals surface area contributed by atoms with Crippen LogP contribution in [0.5, 0.6) is 0 Å². The van der Waals surface area contributed by atoms with E-state index in [1.165, 1.54) is 0 Å². The van der Waals surface area contributed by atoms with Gasteiger partial charge in [-0.25, -0.2) is 9.44 Å². The molecule has 0 aliphatic rings. The van der Waals surface area contributed by atoms with E-state index in [9.17, 15) is 13.2 Å². The van der Waals surface area contributed by atoms with Crippen molar-refractivity contribution in [2.75, 3.05) is 13.1 Å². The van der Waals surface area contributed by atoms with Gasteiger partial charge >= 0.3 is 0 Å². The van der Waals surface area contributed by atoms with E-state index in [-0.39, 0.29) is 12.1 Å². The number of benzene rings is 1. The second kappa shape index (κ2) is 6.84. The van der Waals surface area contributed by atoms with Gasteiger partial charge in [0.2, 0.25) is 0 Å². The number of H-pyrrole nitrogens is 1. The van der Waals surface area contributed by atoms with Crippen LogP contribution in [-0.2, 0) is 16.6 Å². The standard InChI is InChI=1S/C14H19N3O3S/c1-2-8-15-21(19,20)16-9-7-12-10-11-5-3-4-6-13(11)17-14(12)18/h3-6,10,15-16H,2,7-9H2,1H3,(H,17,18). The molecule has 7 heteroatoms. The highest BCUT2D eigenvalue weighted by Crippen LogP contribution is 2.10. The zero-order chi connectivity index (χ0) is 15.3. The molecule has 2 aromatic rings. The van der Waals surface area contributed by atoms with Crippen LogP contribution >= 0.6 is 0 Å². The molecule has 1 heterocycles. The van der Waals surface area contributed by atoms with Crippen LogP contribution in [0.4, 0.5) is 0 Å². The SMILES string of the molecule is CCCNS(=O)(=O)NCCc1cc2ccccc2[nH]c1=O. The molecule has 21 heavy (non-hydrogen) atoms. The molecule has 114 valence electrons. The minimum atomic E-state index is -3.48. The minimum absolute atomic E-state index is 0.181. The lowest BCUT2D eigenvalue weighted by Crippen LogP contribution is -2.38. The smallest absolute Gasteiger partial charge is 0.276 e. The average molecular weight is 309 g/mol. The van der Waals surface area contributed by atoms with Crippen LogP contribution < -0.4 is 15.0 Å². The summed E-state index contributed by atoms with van der Waals surface area (Å²) in [6.45, 7) is 2.46. The highest BCUT2D eigenvalue weighted by molar-refractivity contribution is 7.87. The molecule has 2 rings (SSSR count). The van der Waals surface area contributed by atoms with E-state index in [0.29, 0.717) is 18.5 Å². The van der Waals surface area contributed by atoms with E-state index < -0.39 is 10.2 Å². The van der Waals surface area contributed by atoms with Gasteiger partial charge in [-0.2, -0.15) is 8.42 Å². The normalized spacial score (nSPS) is 11.9. The fourth-order valence-electron chi connectivity index (χ4n) is 1.99. The third-order valence-electron chi connectivity index (χ3n) is 3.06. The molecule has 1 aromatic carbocycles. The maximum Gasteiger partial charge on any atom is 0.276 e. The summed E-state index contributed by atoms with van der Waals surface area (Å²) in [4.78, 5) is 14.7. The lowest BCUT2D eigenvalue weighted by molar-refractivity contribution is 0.565. The summed E-state index contributed by atoms with van der Waals surface area (Å²) in [7, 11) is -3.48. The van der Waals surface area contributed by atoms with Gasteiger partial charge in [0.25, 0.3) is 15.8 Å². The molecule has 0 amide bonds. The van der Waals surface area contributed by atoms with E-state index in [1.54, 1.807) is 6.07 Å². The lowest BCUT2D eigenvalue weighted by atomic mass is 10.1. The Morgan fingerprint density at radius 1 is 1.14 bits per heavy atom. The summed E-state index contributed by atoms with van der Waals surface area (Å²) >= 11 is 0. The Bertz CT molecular complexity index is 768. The molecule has 0 atom stereocenters. The number of hydrogen-bond acceptors (Lipinski definition) is 3. The molecule has 0 aliphatic heterocycles. The van der Waals surface area contributed by atoms with Gasteiger partial charge < -0.3 is 4.98 Å². The minimum Gasteiger partial charge on any atom is -0.322 e. The van der Waals surface area contributed by atoms with E-state index >= 15 is 0 Å². The maximum absolute atomic E-state index is 11.9. The molecule has 0 bridgehead atoms. The molecule has 6 nitrogen and oxygen atoms in total. The third kappa shape index (κ3) is 4.38. The van der Waals surface area contributed by atoms with Crippen molar-refractivity contribution in [1.29, 1.82) is 0 Å². The molecule has 0 saturated carbocycles. The van der Waals surface area contributed by atoms with Gasteiger partial charge in [0, 0.05) is 24.2 Å². The van der Waals surface area contributed by atoms with Crippen LogP contribution in [0.15, 0.2) is 35.1 Å². The van der Waals surface area contributed by atoms with Crippen molar-refractivity contribution in [3.63, 3.8) is 0 Å². The van der Waals surface area contributed by atoms with Gasteiger partial charge in [-0.3, -0.25) is 4.79 Å². The second-order valence-corrected chi connectivity index (χ2v) is 6.34. The van der Waals surface area contributed by atoms with Gasteiger partial charge in [-0.15, -0.1) is 0 Å². The second-order valence-electron chi connectivity index (χ2n) is 4.75. The topological polar surface area (TPSA) is 91.1 Å². The van der Waals surface area contributed by atoms with Gasteiger partial charge in [-0.05, 0) is 30.4 Å². The summed E-state index contributed by atoms with van der Waals surface area (Å²) in [5, 5.41) is 0.930. The summed E-state index contributed by atoms with van der Waals surface area (Å²) in [5.74, 6) is 0. The van der Waals surface area contributed by atoms with Gasteiger partial charge in [0.15, 0.2) is 0 Å². The molecule has 0 aliphatic carbocycles. The van der Waals surface area contributed by atoms with Gasteiger partial charge in [-0.1, -0.05) is 25.1 Å². The van der Waals surface area contributed by atoms with Crippen molar-refractivity contribution >= 4 is 21.1 Å². The maximum atomic E-state index is 11.9. The number of rotatable bonds is 7. The Morgan fingerprint density at radius 2 is 1.86 bits per heavy atom. The number of fused-ring (bicyclic) bond motifs is 1. The molecule has 0 radical (unpaired) electrons. The first-order valence-electron chi connectivity index (χ1n) is 6.87. The molecule has 0 fully saturated rings. The van der Waals surface area contributed by atoms with Gasteiger partial charge in [0.05, 0.1) is 0 Å². The van der Waals surface area contributed by atoms with Crippen LogP contribution in [0, 0.1) is 0 Å². The molecule has 1 aromatic heterocycles. The van der Waals surface area contributed by atoms with Crippen LogP contribution in [0.1, 0.15) is 18.9 Å².